The van der Waals surface area contributed by atoms with E-state index in [1.165, 1.54) is 17.7 Å². The number of hydrogen-bond donors (Lipinski definition) is 1. The van der Waals surface area contributed by atoms with E-state index < -0.39 is 0 Å². The summed E-state index contributed by atoms with van der Waals surface area (Å²) in [5.41, 5.74) is 1.27. The number of thioether (sulfide) groups is 1. The minimum Gasteiger partial charge on any atom is -0.492 e. The van der Waals surface area contributed by atoms with Crippen molar-refractivity contribution < 1.29 is 13.9 Å². The molecule has 2 aromatic carbocycles. The molecule has 0 saturated heterocycles. The van der Waals surface area contributed by atoms with Crippen LogP contribution in [0, 0.1) is 5.82 Å². The fourth-order valence-corrected chi connectivity index (χ4v) is 2.81. The van der Waals surface area contributed by atoms with Crippen LogP contribution in [0.4, 0.5) is 4.39 Å². The van der Waals surface area contributed by atoms with Crippen LogP contribution in [0.2, 0.25) is 0 Å². The van der Waals surface area contributed by atoms with Crippen LogP contribution in [0.15, 0.2) is 54.6 Å². The summed E-state index contributed by atoms with van der Waals surface area (Å²) in [6.07, 6.45) is 0.494. The van der Waals surface area contributed by atoms with E-state index in [9.17, 15) is 9.18 Å². The van der Waals surface area contributed by atoms with E-state index >= 15 is 0 Å². The number of carbonyl (C=O) groups excluding carboxylic acids is 1. The molecule has 5 heteroatoms. The maximum atomic E-state index is 12.7. The van der Waals surface area contributed by atoms with Gasteiger partial charge in [-0.15, -0.1) is 0 Å². The lowest BCUT2D eigenvalue weighted by atomic mass is 10.2. The SMILES string of the molecule is O=C(CCSCc1ccccc1)NCCOc1ccc(F)cc1. The van der Waals surface area contributed by atoms with Gasteiger partial charge >= 0.3 is 0 Å². The molecule has 23 heavy (non-hydrogen) atoms. The molecule has 1 amide bonds. The highest BCUT2D eigenvalue weighted by molar-refractivity contribution is 7.98. The van der Waals surface area contributed by atoms with E-state index in [1.807, 2.05) is 18.2 Å². The molecule has 0 aliphatic rings. The van der Waals surface area contributed by atoms with Gasteiger partial charge in [-0.3, -0.25) is 4.79 Å². The predicted molar refractivity (Wildman–Crippen MR) is 92.1 cm³/mol. The molecule has 0 aromatic heterocycles. The lowest BCUT2D eigenvalue weighted by Crippen LogP contribution is -2.28. The number of ether oxygens (including phenoxy) is 1. The quantitative estimate of drug-likeness (QED) is 0.712. The van der Waals surface area contributed by atoms with Gasteiger partial charge in [-0.05, 0) is 29.8 Å². The molecule has 1 N–H and O–H groups in total. The molecule has 2 aromatic rings. The fourth-order valence-electron chi connectivity index (χ4n) is 1.91. The highest BCUT2D eigenvalue weighted by atomic mass is 32.2. The first-order valence-electron chi connectivity index (χ1n) is 7.51. The van der Waals surface area contributed by atoms with Gasteiger partial charge in [0.1, 0.15) is 18.2 Å². The smallest absolute Gasteiger partial charge is 0.220 e. The Morgan fingerprint density at radius 3 is 2.57 bits per heavy atom. The summed E-state index contributed by atoms with van der Waals surface area (Å²) in [6, 6.07) is 16.0. The van der Waals surface area contributed by atoms with Gasteiger partial charge in [-0.25, -0.2) is 4.39 Å². The Balaban J connectivity index is 1.51. The van der Waals surface area contributed by atoms with Crippen molar-refractivity contribution in [2.45, 2.75) is 12.2 Å². The van der Waals surface area contributed by atoms with Crippen LogP contribution >= 0.6 is 11.8 Å². The Hall–Kier alpha value is -2.01. The summed E-state index contributed by atoms with van der Waals surface area (Å²) in [5, 5.41) is 2.81. The summed E-state index contributed by atoms with van der Waals surface area (Å²) in [5.74, 6) is 2.03. The zero-order valence-electron chi connectivity index (χ0n) is 12.8. The van der Waals surface area contributed by atoms with Crippen LogP contribution in [0.3, 0.4) is 0 Å². The van der Waals surface area contributed by atoms with Gasteiger partial charge in [0.25, 0.3) is 0 Å². The Bertz CT molecular complexity index is 590. The van der Waals surface area contributed by atoms with E-state index in [1.54, 1.807) is 23.9 Å². The second-order valence-corrected chi connectivity index (χ2v) is 6.05. The Labute approximate surface area is 140 Å². The number of amides is 1. The maximum Gasteiger partial charge on any atom is 0.220 e. The van der Waals surface area contributed by atoms with Gasteiger partial charge < -0.3 is 10.1 Å². The average molecular weight is 333 g/mol. The minimum absolute atomic E-state index is 0.0215. The molecule has 0 unspecified atom stereocenters. The van der Waals surface area contributed by atoms with Crippen molar-refractivity contribution in [3.63, 3.8) is 0 Å². The molecule has 0 atom stereocenters. The Kier molecular flexibility index (Phi) is 7.46. The van der Waals surface area contributed by atoms with Crippen LogP contribution < -0.4 is 10.1 Å². The molecule has 0 heterocycles. The highest BCUT2D eigenvalue weighted by Gasteiger charge is 2.01. The van der Waals surface area contributed by atoms with Crippen LogP contribution in [0.5, 0.6) is 5.75 Å². The van der Waals surface area contributed by atoms with E-state index in [0.717, 1.165) is 11.5 Å². The number of rotatable bonds is 9. The topological polar surface area (TPSA) is 38.3 Å². The van der Waals surface area contributed by atoms with E-state index in [0.29, 0.717) is 25.3 Å². The van der Waals surface area contributed by atoms with Crippen molar-refractivity contribution in [3.05, 3.63) is 66.0 Å². The standard InChI is InChI=1S/C18H20FNO2S/c19-16-6-8-17(9-7-16)22-12-11-20-18(21)10-13-23-14-15-4-2-1-3-5-15/h1-9H,10-14H2,(H,20,21). The number of benzene rings is 2. The number of halogens is 1. The molecule has 0 spiro atoms. The lowest BCUT2D eigenvalue weighted by molar-refractivity contribution is -0.120. The van der Waals surface area contributed by atoms with Crippen LogP contribution in [-0.4, -0.2) is 24.8 Å². The number of nitrogens with one attached hydrogen (secondary N) is 1. The first-order chi connectivity index (χ1) is 11.2. The number of hydrogen-bond acceptors (Lipinski definition) is 3. The predicted octanol–water partition coefficient (Wildman–Crippen LogP) is 3.64. The molecule has 0 radical (unpaired) electrons. The zero-order chi connectivity index (χ0) is 16.3. The van der Waals surface area contributed by atoms with Gasteiger partial charge in [-0.1, -0.05) is 30.3 Å². The van der Waals surface area contributed by atoms with Gasteiger partial charge in [0.2, 0.25) is 5.91 Å². The summed E-state index contributed by atoms with van der Waals surface area (Å²) in [6.45, 7) is 0.814. The normalized spacial score (nSPS) is 10.3. The molecule has 0 saturated carbocycles. The zero-order valence-corrected chi connectivity index (χ0v) is 13.7. The third kappa shape index (κ3) is 7.19. The van der Waals surface area contributed by atoms with Crippen LogP contribution in [0.1, 0.15) is 12.0 Å². The summed E-state index contributed by atoms with van der Waals surface area (Å²) in [4.78, 5) is 11.7. The Morgan fingerprint density at radius 2 is 1.83 bits per heavy atom. The minimum atomic E-state index is -0.293. The first-order valence-corrected chi connectivity index (χ1v) is 8.66. The third-order valence-electron chi connectivity index (χ3n) is 3.09. The van der Waals surface area contributed by atoms with Crippen molar-refractivity contribution >= 4 is 17.7 Å². The van der Waals surface area contributed by atoms with Crippen LogP contribution in [-0.2, 0) is 10.5 Å². The second-order valence-electron chi connectivity index (χ2n) is 4.94. The molecular weight excluding hydrogens is 313 g/mol. The third-order valence-corrected chi connectivity index (χ3v) is 4.12. The van der Waals surface area contributed by atoms with Gasteiger partial charge in [0, 0.05) is 17.9 Å². The molecule has 3 nitrogen and oxygen atoms in total. The molecule has 0 fully saturated rings. The van der Waals surface area contributed by atoms with E-state index in [2.05, 4.69) is 17.4 Å². The molecule has 122 valence electrons. The lowest BCUT2D eigenvalue weighted by Gasteiger charge is -2.08. The van der Waals surface area contributed by atoms with Crippen molar-refractivity contribution in [2.75, 3.05) is 18.9 Å². The van der Waals surface area contributed by atoms with Crippen molar-refractivity contribution in [1.29, 1.82) is 0 Å². The van der Waals surface area contributed by atoms with Gasteiger partial charge in [0.05, 0.1) is 6.54 Å². The first kappa shape index (κ1) is 17.3. The molecule has 2 rings (SSSR count). The van der Waals surface area contributed by atoms with Crippen molar-refractivity contribution in [1.82, 2.24) is 5.32 Å². The monoisotopic (exact) mass is 333 g/mol. The highest BCUT2D eigenvalue weighted by Crippen LogP contribution is 2.12. The second kappa shape index (κ2) is 9.90. The maximum absolute atomic E-state index is 12.7. The van der Waals surface area contributed by atoms with Crippen molar-refractivity contribution in [2.24, 2.45) is 0 Å². The Morgan fingerprint density at radius 1 is 1.09 bits per heavy atom. The van der Waals surface area contributed by atoms with Gasteiger partial charge in [0.15, 0.2) is 0 Å². The van der Waals surface area contributed by atoms with E-state index in [-0.39, 0.29) is 11.7 Å². The van der Waals surface area contributed by atoms with Crippen molar-refractivity contribution in [3.8, 4) is 5.75 Å². The summed E-state index contributed by atoms with van der Waals surface area (Å²) in [7, 11) is 0. The largest absolute Gasteiger partial charge is 0.492 e. The summed E-state index contributed by atoms with van der Waals surface area (Å²) >= 11 is 1.74. The molecule has 0 aliphatic heterocycles. The fraction of sp³-hybridized carbons (Fsp3) is 0.278. The van der Waals surface area contributed by atoms with E-state index in [4.69, 9.17) is 4.74 Å². The van der Waals surface area contributed by atoms with Crippen LogP contribution in [0.25, 0.3) is 0 Å². The number of carbonyl (C=O) groups is 1. The van der Waals surface area contributed by atoms with Gasteiger partial charge in [-0.2, -0.15) is 11.8 Å². The summed E-state index contributed by atoms with van der Waals surface area (Å²) < 4.78 is 18.1. The molecular formula is C18H20FNO2S. The molecule has 0 aliphatic carbocycles. The molecule has 0 bridgehead atoms. The average Bonchev–Trinajstić information content (AvgIpc) is 2.58.